The molecule has 0 aliphatic heterocycles. The molecule has 0 aliphatic carbocycles. The first-order valence-electron chi connectivity index (χ1n) is 15.5. The van der Waals surface area contributed by atoms with Crippen LogP contribution in [0.4, 0.5) is 0 Å². The zero-order chi connectivity index (χ0) is 31.4. The van der Waals surface area contributed by atoms with Gasteiger partial charge < -0.3 is 30.3 Å². The molecule has 0 amide bonds. The minimum Gasteiger partial charge on any atom is -0.748 e. The van der Waals surface area contributed by atoms with E-state index in [0.717, 1.165) is 0 Å². The van der Waals surface area contributed by atoms with Crippen molar-refractivity contribution in [1.29, 1.82) is 0 Å². The number of aryl methyl sites for hydroxylation is 4. The molecule has 6 aromatic carbocycles. The maximum Gasteiger partial charge on any atom is 0 e. The average Bonchev–Trinajstić information content (AvgIpc) is 3.74. The van der Waals surface area contributed by atoms with Gasteiger partial charge in [-0.3, -0.25) is 0 Å². The summed E-state index contributed by atoms with van der Waals surface area (Å²) in [4.78, 5) is 0. The molecule has 0 bridgehead atoms. The van der Waals surface area contributed by atoms with Crippen molar-refractivity contribution in [2.75, 3.05) is 0 Å². The summed E-state index contributed by atoms with van der Waals surface area (Å²) in [5.41, 5.74) is 11.1. The Morgan fingerprint density at radius 1 is 0.422 bits per heavy atom. The van der Waals surface area contributed by atoms with Gasteiger partial charge in [-0.2, -0.15) is 6.07 Å². The molecule has 3 heteroatoms. The van der Waals surface area contributed by atoms with Crippen molar-refractivity contribution in [2.24, 2.45) is 0 Å². The van der Waals surface area contributed by atoms with Crippen LogP contribution in [0, 0.1) is 55.4 Å². The molecular weight excluding hydrogens is 667 g/mol. The summed E-state index contributed by atoms with van der Waals surface area (Å²) in [6.45, 7) is 18.2. The molecule has 0 saturated carbocycles. The third kappa shape index (κ3) is 7.39. The minimum absolute atomic E-state index is 0. The SMILES string of the molecule is Cc1cccc(P(c2cccc(C)c2C)c2ccc[c-]2P(c2cccc(C)c2C)c2cccc(C)c2C)c1C.[Ru].[cH-]1[cH-][cH-][cH-][cH-]1. The number of hydrogen-bond donors (Lipinski definition) is 0. The quantitative estimate of drug-likeness (QED) is 0.0921. The van der Waals surface area contributed by atoms with E-state index in [9.17, 15) is 0 Å². The molecule has 45 heavy (non-hydrogen) atoms. The Kier molecular flexibility index (Phi) is 12.1. The van der Waals surface area contributed by atoms with E-state index in [2.05, 4.69) is 146 Å². The first kappa shape index (κ1) is 34.9. The van der Waals surface area contributed by atoms with Gasteiger partial charge in [0.15, 0.2) is 0 Å². The van der Waals surface area contributed by atoms with Crippen molar-refractivity contribution < 1.29 is 19.5 Å². The van der Waals surface area contributed by atoms with E-state index < -0.39 is 15.8 Å². The third-order valence-electron chi connectivity index (χ3n) is 9.08. The number of hydrogen-bond acceptors (Lipinski definition) is 0. The fourth-order valence-electron chi connectivity index (χ4n) is 5.79. The van der Waals surface area contributed by atoms with Gasteiger partial charge in [0, 0.05) is 19.5 Å². The van der Waals surface area contributed by atoms with Crippen LogP contribution < -0.4 is 31.8 Å². The Labute approximate surface area is 287 Å². The van der Waals surface area contributed by atoms with E-state index in [1.807, 2.05) is 30.3 Å². The average molecular weight is 712 g/mol. The molecule has 0 spiro atoms. The van der Waals surface area contributed by atoms with Crippen molar-refractivity contribution in [3.05, 3.63) is 166 Å². The molecular formula is C42H44P2Ru-6. The predicted octanol–water partition coefficient (Wildman–Crippen LogP) is 8.79. The van der Waals surface area contributed by atoms with Gasteiger partial charge in [0.1, 0.15) is 0 Å². The standard InChI is InChI=1S/C37H39P2.C5H5.Ru/c1-24-14-9-18-32(28(24)5)38(33-19-10-15-25(2)29(33)6)36-22-13-23-37(36)39(34-20-11-16-26(3)30(34)7)35-21-12-17-27(4)31(35)8;1-2-4-5-3-1;/h9-23H,1-8H3;1-5H;/q-1;-5;. The van der Waals surface area contributed by atoms with E-state index in [0.29, 0.717) is 0 Å². The molecule has 0 fully saturated rings. The smallest absolute Gasteiger partial charge is 0 e. The molecule has 6 rings (SSSR count). The summed E-state index contributed by atoms with van der Waals surface area (Å²) in [6, 6.07) is 44.7. The van der Waals surface area contributed by atoms with Crippen molar-refractivity contribution in [1.82, 2.24) is 0 Å². The van der Waals surface area contributed by atoms with Crippen molar-refractivity contribution in [2.45, 2.75) is 55.4 Å². The van der Waals surface area contributed by atoms with Gasteiger partial charge in [0.05, 0.1) is 0 Å². The third-order valence-corrected chi connectivity index (χ3v) is 14.9. The normalized spacial score (nSPS) is 10.9. The fourth-order valence-corrected chi connectivity index (χ4v) is 12.0. The summed E-state index contributed by atoms with van der Waals surface area (Å²) in [7, 11) is -1.47. The Morgan fingerprint density at radius 3 is 1.13 bits per heavy atom. The van der Waals surface area contributed by atoms with Gasteiger partial charge in [-0.25, -0.2) is 12.1 Å². The summed E-state index contributed by atoms with van der Waals surface area (Å²) >= 11 is 0. The second kappa shape index (κ2) is 15.6. The van der Waals surface area contributed by atoms with Gasteiger partial charge in [0.2, 0.25) is 0 Å². The van der Waals surface area contributed by atoms with E-state index in [1.165, 1.54) is 76.3 Å². The van der Waals surface area contributed by atoms with E-state index in [-0.39, 0.29) is 19.5 Å². The number of benzene rings is 4. The summed E-state index contributed by atoms with van der Waals surface area (Å²) in [5, 5.41) is 8.90. The monoisotopic (exact) mass is 712 g/mol. The molecule has 0 saturated heterocycles. The van der Waals surface area contributed by atoms with Crippen LogP contribution in [0.2, 0.25) is 0 Å². The molecule has 0 aromatic heterocycles. The van der Waals surface area contributed by atoms with Crippen LogP contribution in [0.5, 0.6) is 0 Å². The Hall–Kier alpha value is -2.94. The molecule has 0 N–H and O–H groups in total. The van der Waals surface area contributed by atoms with Crippen LogP contribution in [0.3, 0.4) is 0 Å². The summed E-state index contributed by atoms with van der Waals surface area (Å²) < 4.78 is 0. The molecule has 236 valence electrons. The van der Waals surface area contributed by atoms with Crippen LogP contribution in [-0.2, 0) is 19.5 Å². The molecule has 0 unspecified atom stereocenters. The Bertz CT molecular complexity index is 1620. The van der Waals surface area contributed by atoms with Crippen LogP contribution in [-0.4, -0.2) is 0 Å². The Morgan fingerprint density at radius 2 is 0.756 bits per heavy atom. The topological polar surface area (TPSA) is 0 Å². The second-order valence-corrected chi connectivity index (χ2v) is 16.0. The van der Waals surface area contributed by atoms with Gasteiger partial charge in [-0.05, 0) is 129 Å². The second-order valence-electron chi connectivity index (χ2n) is 11.8. The predicted molar refractivity (Wildman–Crippen MR) is 199 cm³/mol. The van der Waals surface area contributed by atoms with Gasteiger partial charge in [-0.1, -0.05) is 80.7 Å². The van der Waals surface area contributed by atoms with Crippen LogP contribution in [0.1, 0.15) is 44.5 Å². The van der Waals surface area contributed by atoms with Gasteiger partial charge in [-0.15, -0.1) is 10.6 Å². The summed E-state index contributed by atoms with van der Waals surface area (Å²) in [5.74, 6) is 0. The van der Waals surface area contributed by atoms with Crippen LogP contribution in [0.15, 0.2) is 121 Å². The van der Waals surface area contributed by atoms with E-state index in [4.69, 9.17) is 0 Å². The van der Waals surface area contributed by atoms with E-state index >= 15 is 0 Å². The van der Waals surface area contributed by atoms with Crippen molar-refractivity contribution in [3.8, 4) is 0 Å². The first-order chi connectivity index (χ1) is 21.2. The first-order valence-corrected chi connectivity index (χ1v) is 18.2. The molecule has 0 aliphatic rings. The maximum absolute atomic E-state index is 2.43. The van der Waals surface area contributed by atoms with E-state index in [1.54, 1.807) is 0 Å². The maximum atomic E-state index is 2.43. The fraction of sp³-hybridized carbons (Fsp3) is 0.190. The number of rotatable bonds is 6. The Balaban J connectivity index is 0.000000700. The molecule has 6 aromatic rings. The largest absolute Gasteiger partial charge is 0.748 e. The summed E-state index contributed by atoms with van der Waals surface area (Å²) in [6.07, 6.45) is 0. The molecule has 0 heterocycles. The van der Waals surface area contributed by atoms with Crippen LogP contribution in [0.25, 0.3) is 0 Å². The zero-order valence-electron chi connectivity index (χ0n) is 27.8. The zero-order valence-corrected chi connectivity index (χ0v) is 31.3. The molecule has 0 nitrogen and oxygen atoms in total. The minimum atomic E-state index is -0.735. The molecule has 0 radical (unpaired) electrons. The van der Waals surface area contributed by atoms with Crippen LogP contribution >= 0.6 is 15.8 Å². The van der Waals surface area contributed by atoms with Crippen molar-refractivity contribution >= 4 is 47.7 Å². The van der Waals surface area contributed by atoms with Crippen molar-refractivity contribution in [3.63, 3.8) is 0 Å². The van der Waals surface area contributed by atoms with Gasteiger partial charge in [0.25, 0.3) is 0 Å². The van der Waals surface area contributed by atoms with Gasteiger partial charge >= 0.3 is 0 Å². The molecule has 0 atom stereocenters.